The molecule has 2 rings (SSSR count). The van der Waals surface area contributed by atoms with Crippen molar-refractivity contribution in [1.82, 2.24) is 0 Å². The highest BCUT2D eigenvalue weighted by molar-refractivity contribution is 5.51. The summed E-state index contributed by atoms with van der Waals surface area (Å²) < 4.78 is 0. The van der Waals surface area contributed by atoms with E-state index in [9.17, 15) is 0 Å². The molecule has 1 aliphatic rings. The average Bonchev–Trinajstić information content (AvgIpc) is 2.85. The Morgan fingerprint density at radius 3 is 2.14 bits per heavy atom. The van der Waals surface area contributed by atoms with Crippen molar-refractivity contribution in [3.8, 4) is 0 Å². The second-order valence-electron chi connectivity index (χ2n) is 6.22. The van der Waals surface area contributed by atoms with Crippen LogP contribution in [0.1, 0.15) is 64.9 Å². The highest BCUT2D eigenvalue weighted by Gasteiger charge is 2.39. The van der Waals surface area contributed by atoms with E-state index in [-0.39, 0.29) is 0 Å². The summed E-state index contributed by atoms with van der Waals surface area (Å²) in [5, 5.41) is 0. The first-order chi connectivity index (χ1) is 10.1. The van der Waals surface area contributed by atoms with E-state index in [4.69, 9.17) is 0 Å². The van der Waals surface area contributed by atoms with Gasteiger partial charge in [-0.25, -0.2) is 0 Å². The zero-order chi connectivity index (χ0) is 15.7. The summed E-state index contributed by atoms with van der Waals surface area (Å²) in [4.78, 5) is 2.69. The number of allylic oxidation sites excluding steroid dienone is 1. The second-order valence-corrected chi connectivity index (χ2v) is 6.22. The van der Waals surface area contributed by atoms with Crippen LogP contribution in [0.15, 0.2) is 36.9 Å². The van der Waals surface area contributed by atoms with Crippen molar-refractivity contribution in [1.29, 1.82) is 0 Å². The first-order valence-corrected chi connectivity index (χ1v) is 8.55. The second kappa shape index (κ2) is 8.92. The van der Waals surface area contributed by atoms with E-state index in [2.05, 4.69) is 56.5 Å². The van der Waals surface area contributed by atoms with Crippen LogP contribution in [-0.4, -0.2) is 12.1 Å². The lowest BCUT2D eigenvalue weighted by Crippen LogP contribution is -2.43. The zero-order valence-electron chi connectivity index (χ0n) is 14.5. The van der Waals surface area contributed by atoms with Gasteiger partial charge in [-0.1, -0.05) is 50.5 Å². The Kier molecular flexibility index (Phi) is 7.56. The molecule has 0 amide bonds. The highest BCUT2D eigenvalue weighted by atomic mass is 15.2. The molecule has 0 spiro atoms. The Morgan fingerprint density at radius 1 is 1.14 bits per heavy atom. The molecule has 118 valence electrons. The lowest BCUT2D eigenvalue weighted by atomic mass is 9.85. The van der Waals surface area contributed by atoms with Gasteiger partial charge in [-0.2, -0.15) is 0 Å². The standard InChI is InChI=1S/C17H27N.C3H6/c1-4-11-17(12-5-2)13-6-14-18(17)16-9-7-15(3)8-10-16;1-3-2/h7-10H,4-6,11-14H2,1-3H3;3H,1H2,2H3. The number of hydrogen-bond donors (Lipinski definition) is 0. The summed E-state index contributed by atoms with van der Waals surface area (Å²) in [7, 11) is 0. The maximum absolute atomic E-state index is 3.36. The Balaban J connectivity index is 0.000000677. The number of nitrogens with zero attached hydrogens (tertiary/aromatic N) is 1. The van der Waals surface area contributed by atoms with Crippen molar-refractivity contribution in [2.24, 2.45) is 0 Å². The minimum Gasteiger partial charge on any atom is -0.366 e. The lowest BCUT2D eigenvalue weighted by molar-refractivity contribution is 0.358. The minimum absolute atomic E-state index is 0.443. The molecule has 21 heavy (non-hydrogen) atoms. The lowest BCUT2D eigenvalue weighted by Gasteiger charge is -2.40. The predicted octanol–water partition coefficient (Wildman–Crippen LogP) is 6.13. The van der Waals surface area contributed by atoms with Gasteiger partial charge in [-0.05, 0) is 51.7 Å². The highest BCUT2D eigenvalue weighted by Crippen LogP contribution is 2.40. The van der Waals surface area contributed by atoms with Crippen LogP contribution >= 0.6 is 0 Å². The van der Waals surface area contributed by atoms with Gasteiger partial charge in [-0.15, -0.1) is 6.58 Å². The van der Waals surface area contributed by atoms with Gasteiger partial charge >= 0.3 is 0 Å². The fraction of sp³-hybridized carbons (Fsp3) is 0.600. The molecule has 0 N–H and O–H groups in total. The maximum Gasteiger partial charge on any atom is 0.0402 e. The molecule has 0 unspecified atom stereocenters. The quantitative estimate of drug-likeness (QED) is 0.589. The van der Waals surface area contributed by atoms with Gasteiger partial charge in [0.15, 0.2) is 0 Å². The molecule has 1 aromatic rings. The van der Waals surface area contributed by atoms with E-state index in [1.807, 2.05) is 6.92 Å². The molecule has 1 aromatic carbocycles. The summed E-state index contributed by atoms with van der Waals surface area (Å²) in [6.45, 7) is 13.3. The summed E-state index contributed by atoms with van der Waals surface area (Å²) in [5.74, 6) is 0. The van der Waals surface area contributed by atoms with Crippen LogP contribution < -0.4 is 4.90 Å². The van der Waals surface area contributed by atoms with E-state index >= 15 is 0 Å². The Morgan fingerprint density at radius 2 is 1.67 bits per heavy atom. The normalized spacial score (nSPS) is 16.3. The van der Waals surface area contributed by atoms with Gasteiger partial charge < -0.3 is 4.90 Å². The first-order valence-electron chi connectivity index (χ1n) is 8.55. The third kappa shape index (κ3) is 4.62. The molecule has 0 aliphatic carbocycles. The van der Waals surface area contributed by atoms with Crippen molar-refractivity contribution in [2.45, 2.75) is 71.8 Å². The van der Waals surface area contributed by atoms with Crippen LogP contribution in [0.25, 0.3) is 0 Å². The summed E-state index contributed by atoms with van der Waals surface area (Å²) in [5.41, 5.74) is 3.23. The molecule has 1 saturated heterocycles. The molecule has 1 heterocycles. The van der Waals surface area contributed by atoms with Crippen LogP contribution in [-0.2, 0) is 0 Å². The number of rotatable bonds is 5. The molecular weight excluding hydrogens is 254 g/mol. The fourth-order valence-corrected chi connectivity index (χ4v) is 3.64. The van der Waals surface area contributed by atoms with Crippen molar-refractivity contribution >= 4 is 5.69 Å². The van der Waals surface area contributed by atoms with Gasteiger partial charge in [0.1, 0.15) is 0 Å². The van der Waals surface area contributed by atoms with Crippen LogP contribution in [0.3, 0.4) is 0 Å². The predicted molar refractivity (Wildman–Crippen MR) is 96.2 cm³/mol. The maximum atomic E-state index is 3.36. The topological polar surface area (TPSA) is 3.24 Å². The molecule has 0 radical (unpaired) electrons. The zero-order valence-corrected chi connectivity index (χ0v) is 14.5. The molecular formula is C20H33N. The van der Waals surface area contributed by atoms with Gasteiger partial charge in [0, 0.05) is 17.8 Å². The van der Waals surface area contributed by atoms with Gasteiger partial charge in [0.2, 0.25) is 0 Å². The molecule has 0 bridgehead atoms. The van der Waals surface area contributed by atoms with E-state index in [0.29, 0.717) is 5.54 Å². The molecule has 1 fully saturated rings. The molecule has 1 heteroatoms. The van der Waals surface area contributed by atoms with Crippen LogP contribution in [0.5, 0.6) is 0 Å². The van der Waals surface area contributed by atoms with Crippen LogP contribution in [0.2, 0.25) is 0 Å². The molecule has 0 saturated carbocycles. The van der Waals surface area contributed by atoms with Crippen LogP contribution in [0.4, 0.5) is 5.69 Å². The number of hydrogen-bond acceptors (Lipinski definition) is 1. The summed E-state index contributed by atoms with van der Waals surface area (Å²) in [6, 6.07) is 9.11. The van der Waals surface area contributed by atoms with E-state index in [1.54, 1.807) is 6.08 Å². The Labute approximate surface area is 132 Å². The summed E-state index contributed by atoms with van der Waals surface area (Å²) >= 11 is 0. The number of anilines is 1. The van der Waals surface area contributed by atoms with Crippen LogP contribution in [0, 0.1) is 6.92 Å². The van der Waals surface area contributed by atoms with Gasteiger partial charge in [0.05, 0.1) is 0 Å². The van der Waals surface area contributed by atoms with E-state index < -0.39 is 0 Å². The van der Waals surface area contributed by atoms with E-state index in [1.165, 1.54) is 56.3 Å². The average molecular weight is 287 g/mol. The molecule has 0 atom stereocenters. The SMILES string of the molecule is C=CC.CCCC1(CCC)CCCN1c1ccc(C)cc1. The minimum atomic E-state index is 0.443. The third-order valence-electron chi connectivity index (χ3n) is 4.37. The molecule has 1 aliphatic heterocycles. The number of benzene rings is 1. The van der Waals surface area contributed by atoms with Crippen molar-refractivity contribution in [3.63, 3.8) is 0 Å². The fourth-order valence-electron chi connectivity index (χ4n) is 3.64. The summed E-state index contributed by atoms with van der Waals surface area (Å²) in [6.07, 6.45) is 9.75. The van der Waals surface area contributed by atoms with E-state index in [0.717, 1.165) is 0 Å². The van der Waals surface area contributed by atoms with Crippen molar-refractivity contribution in [2.75, 3.05) is 11.4 Å². The smallest absolute Gasteiger partial charge is 0.0402 e. The largest absolute Gasteiger partial charge is 0.366 e. The first kappa shape index (κ1) is 17.8. The molecule has 0 aromatic heterocycles. The number of aryl methyl sites for hydroxylation is 1. The third-order valence-corrected chi connectivity index (χ3v) is 4.37. The van der Waals surface area contributed by atoms with Crippen molar-refractivity contribution in [3.05, 3.63) is 42.5 Å². The monoisotopic (exact) mass is 287 g/mol. The van der Waals surface area contributed by atoms with Gasteiger partial charge in [-0.3, -0.25) is 0 Å². The van der Waals surface area contributed by atoms with Crippen molar-refractivity contribution < 1.29 is 0 Å². The molecule has 1 nitrogen and oxygen atoms in total. The Bertz CT molecular complexity index is 398. The van der Waals surface area contributed by atoms with Gasteiger partial charge in [0.25, 0.3) is 0 Å². The Hall–Kier alpha value is -1.24.